The zero-order valence-electron chi connectivity index (χ0n) is 6.84. The van der Waals surface area contributed by atoms with Crippen molar-refractivity contribution < 1.29 is 0 Å². The molecule has 0 fully saturated rings. The molecule has 0 aromatic heterocycles. The van der Waals surface area contributed by atoms with Crippen LogP contribution in [0.1, 0.15) is 0 Å². The van der Waals surface area contributed by atoms with Crippen LogP contribution in [0.4, 0.5) is 0 Å². The standard InChI is InChI=1S/C7H11ClN4/c1-3-5-6(8)10-4-12(2)7(5)11-9/h3,11H,1,4,9H2,2H3. The zero-order valence-corrected chi connectivity index (χ0v) is 7.60. The summed E-state index contributed by atoms with van der Waals surface area (Å²) in [6.07, 6.45) is 1.62. The first kappa shape index (κ1) is 9.09. The number of halogens is 1. The Hall–Kier alpha value is -1.00. The fraction of sp³-hybridized carbons (Fsp3) is 0.286. The van der Waals surface area contributed by atoms with Gasteiger partial charge in [-0.3, -0.25) is 4.99 Å². The van der Waals surface area contributed by atoms with Gasteiger partial charge in [-0.2, -0.15) is 0 Å². The van der Waals surface area contributed by atoms with Gasteiger partial charge in [-0.15, -0.1) is 0 Å². The maximum atomic E-state index is 5.82. The van der Waals surface area contributed by atoms with E-state index < -0.39 is 0 Å². The molecule has 0 saturated heterocycles. The highest BCUT2D eigenvalue weighted by molar-refractivity contribution is 6.70. The minimum Gasteiger partial charge on any atom is -0.340 e. The van der Waals surface area contributed by atoms with Crippen molar-refractivity contribution in [1.82, 2.24) is 10.3 Å². The first-order chi connectivity index (χ1) is 5.70. The monoisotopic (exact) mass is 186 g/mol. The van der Waals surface area contributed by atoms with Crippen molar-refractivity contribution in [3.05, 3.63) is 24.0 Å². The molecular weight excluding hydrogens is 176 g/mol. The van der Waals surface area contributed by atoms with Gasteiger partial charge in [-0.1, -0.05) is 24.3 Å². The molecule has 4 nitrogen and oxygen atoms in total. The molecule has 0 aromatic rings. The SMILES string of the molecule is C=CC1=C(NN)N(C)CN=C1Cl. The first-order valence-corrected chi connectivity index (χ1v) is 3.83. The highest BCUT2D eigenvalue weighted by Crippen LogP contribution is 2.15. The molecule has 0 spiro atoms. The van der Waals surface area contributed by atoms with Crippen molar-refractivity contribution in [2.45, 2.75) is 0 Å². The Balaban J connectivity index is 3.07. The summed E-state index contributed by atoms with van der Waals surface area (Å²) < 4.78 is 0. The number of hydrazine groups is 1. The average molecular weight is 187 g/mol. The van der Waals surface area contributed by atoms with Crippen LogP contribution in [0, 0.1) is 0 Å². The second-order valence-corrected chi connectivity index (χ2v) is 2.76. The summed E-state index contributed by atoms with van der Waals surface area (Å²) in [5.41, 5.74) is 3.28. The molecule has 1 aliphatic heterocycles. The number of hydrogen-bond donors (Lipinski definition) is 2. The van der Waals surface area contributed by atoms with Crippen LogP contribution in [0.25, 0.3) is 0 Å². The summed E-state index contributed by atoms with van der Waals surface area (Å²) in [6, 6.07) is 0. The van der Waals surface area contributed by atoms with Crippen LogP contribution in [-0.2, 0) is 0 Å². The summed E-state index contributed by atoms with van der Waals surface area (Å²) in [7, 11) is 1.87. The van der Waals surface area contributed by atoms with Gasteiger partial charge in [0.05, 0.1) is 5.57 Å². The largest absolute Gasteiger partial charge is 0.340 e. The molecule has 3 N–H and O–H groups in total. The highest BCUT2D eigenvalue weighted by Gasteiger charge is 2.16. The van der Waals surface area contributed by atoms with Crippen molar-refractivity contribution in [2.24, 2.45) is 10.8 Å². The van der Waals surface area contributed by atoms with Crippen LogP contribution in [-0.4, -0.2) is 23.8 Å². The van der Waals surface area contributed by atoms with Crippen molar-refractivity contribution in [2.75, 3.05) is 13.7 Å². The minimum absolute atomic E-state index is 0.441. The van der Waals surface area contributed by atoms with Crippen molar-refractivity contribution >= 4 is 16.8 Å². The number of nitrogens with zero attached hydrogens (tertiary/aromatic N) is 2. The van der Waals surface area contributed by atoms with Gasteiger partial charge in [0.2, 0.25) is 0 Å². The molecule has 5 heteroatoms. The zero-order chi connectivity index (χ0) is 9.14. The summed E-state index contributed by atoms with van der Waals surface area (Å²) in [4.78, 5) is 5.89. The van der Waals surface area contributed by atoms with E-state index >= 15 is 0 Å². The summed E-state index contributed by atoms with van der Waals surface area (Å²) in [5.74, 6) is 6.05. The molecule has 1 rings (SSSR count). The fourth-order valence-electron chi connectivity index (χ4n) is 0.996. The molecule has 66 valence electrons. The van der Waals surface area contributed by atoms with Crippen LogP contribution in [0.5, 0.6) is 0 Å². The number of hydrogen-bond acceptors (Lipinski definition) is 4. The van der Waals surface area contributed by atoms with E-state index in [9.17, 15) is 0 Å². The van der Waals surface area contributed by atoms with Gasteiger partial charge in [0.25, 0.3) is 0 Å². The van der Waals surface area contributed by atoms with E-state index in [1.54, 1.807) is 6.08 Å². The lowest BCUT2D eigenvalue weighted by molar-refractivity contribution is 0.391. The molecular formula is C7H11ClN4. The normalized spacial score (nSPS) is 17.6. The van der Waals surface area contributed by atoms with E-state index in [0.717, 1.165) is 11.4 Å². The van der Waals surface area contributed by atoms with E-state index in [-0.39, 0.29) is 0 Å². The van der Waals surface area contributed by atoms with E-state index in [4.69, 9.17) is 17.4 Å². The predicted octanol–water partition coefficient (Wildman–Crippen LogP) is 0.387. The molecule has 0 unspecified atom stereocenters. The first-order valence-electron chi connectivity index (χ1n) is 3.45. The number of rotatable bonds is 2. The Bertz CT molecular complexity index is 256. The topological polar surface area (TPSA) is 53.6 Å². The van der Waals surface area contributed by atoms with E-state index in [1.165, 1.54) is 0 Å². The van der Waals surface area contributed by atoms with E-state index in [0.29, 0.717) is 11.8 Å². The molecule has 0 bridgehead atoms. The average Bonchev–Trinajstić information content (AvgIpc) is 2.08. The third-order valence-corrected chi connectivity index (χ3v) is 1.94. The van der Waals surface area contributed by atoms with Crippen LogP contribution in [0.2, 0.25) is 0 Å². The lowest BCUT2D eigenvalue weighted by Crippen LogP contribution is -2.37. The molecule has 0 amide bonds. The second kappa shape index (κ2) is 3.60. The van der Waals surface area contributed by atoms with E-state index in [2.05, 4.69) is 17.0 Å². The molecule has 0 radical (unpaired) electrons. The number of nitrogens with one attached hydrogen (secondary N) is 1. The lowest BCUT2D eigenvalue weighted by atomic mass is 10.2. The van der Waals surface area contributed by atoms with Gasteiger partial charge in [-0.25, -0.2) is 5.84 Å². The van der Waals surface area contributed by atoms with Gasteiger partial charge < -0.3 is 10.3 Å². The lowest BCUT2D eigenvalue weighted by Gasteiger charge is -2.25. The molecule has 0 atom stereocenters. The predicted molar refractivity (Wildman–Crippen MR) is 50.5 cm³/mol. The summed E-state index contributed by atoms with van der Waals surface area (Å²) in [6.45, 7) is 4.13. The third kappa shape index (κ3) is 1.44. The molecule has 0 saturated carbocycles. The molecule has 12 heavy (non-hydrogen) atoms. The fourth-order valence-corrected chi connectivity index (χ4v) is 1.22. The maximum absolute atomic E-state index is 5.82. The molecule has 0 aliphatic carbocycles. The van der Waals surface area contributed by atoms with Crippen molar-refractivity contribution in [1.29, 1.82) is 0 Å². The van der Waals surface area contributed by atoms with E-state index in [1.807, 2.05) is 11.9 Å². The van der Waals surface area contributed by atoms with Crippen LogP contribution >= 0.6 is 11.6 Å². The van der Waals surface area contributed by atoms with Crippen molar-refractivity contribution in [3.63, 3.8) is 0 Å². The minimum atomic E-state index is 0.441. The Morgan fingerprint density at radius 2 is 2.50 bits per heavy atom. The second-order valence-electron chi connectivity index (χ2n) is 2.40. The molecule has 1 heterocycles. The molecule has 0 aromatic carbocycles. The van der Waals surface area contributed by atoms with Crippen molar-refractivity contribution in [3.8, 4) is 0 Å². The Kier molecular flexibility index (Phi) is 2.73. The Morgan fingerprint density at radius 3 is 2.92 bits per heavy atom. The number of nitrogens with two attached hydrogens (primary N) is 1. The highest BCUT2D eigenvalue weighted by atomic mass is 35.5. The van der Waals surface area contributed by atoms with Crippen LogP contribution in [0.3, 0.4) is 0 Å². The van der Waals surface area contributed by atoms with Crippen LogP contribution < -0.4 is 11.3 Å². The van der Waals surface area contributed by atoms with Gasteiger partial charge >= 0.3 is 0 Å². The van der Waals surface area contributed by atoms with Gasteiger partial charge in [-0.05, 0) is 0 Å². The number of allylic oxidation sites excluding steroid dienone is 2. The Labute approximate surface area is 76.4 Å². The smallest absolute Gasteiger partial charge is 0.136 e. The molecule has 1 aliphatic rings. The Morgan fingerprint density at radius 1 is 1.83 bits per heavy atom. The quantitative estimate of drug-likeness (QED) is 0.485. The summed E-state index contributed by atoms with van der Waals surface area (Å²) in [5, 5.41) is 0.441. The van der Waals surface area contributed by atoms with Gasteiger partial charge in [0.1, 0.15) is 17.7 Å². The van der Waals surface area contributed by atoms with Crippen LogP contribution in [0.15, 0.2) is 29.0 Å². The summed E-state index contributed by atoms with van der Waals surface area (Å²) >= 11 is 5.82. The van der Waals surface area contributed by atoms with Gasteiger partial charge in [0.15, 0.2) is 0 Å². The maximum Gasteiger partial charge on any atom is 0.136 e. The third-order valence-electron chi connectivity index (χ3n) is 1.62. The number of aliphatic imine (C=N–C) groups is 1. The van der Waals surface area contributed by atoms with Gasteiger partial charge in [0, 0.05) is 7.05 Å².